The molecule has 0 aromatic heterocycles. The SMILES string of the molecule is C[C@@H](c1ccccc1)N(Cc1ccccc1)C1=[N+](C)CCN1C.[Cl-]. The van der Waals surface area contributed by atoms with Crippen LogP contribution in [0.4, 0.5) is 0 Å². The standard InChI is InChI=1S/C20H26N3.ClH/c1-17(19-12-8-5-9-13-19)23(16-18-10-6-4-7-11-18)20-21(2)14-15-22(20)3;/h4-13,17H,14-16H2,1-3H3;1H/q+1;/p-1/t17-;/m0./s1. The smallest absolute Gasteiger partial charge is 0.351 e. The monoisotopic (exact) mass is 343 g/mol. The number of likely N-dealkylation sites (N-methyl/N-ethyl adjacent to an activating group) is 2. The third kappa shape index (κ3) is 3.90. The second-order valence-electron chi connectivity index (χ2n) is 6.34. The average Bonchev–Trinajstić information content (AvgIpc) is 2.92. The van der Waals surface area contributed by atoms with E-state index in [1.165, 1.54) is 17.1 Å². The van der Waals surface area contributed by atoms with Crippen molar-refractivity contribution in [1.29, 1.82) is 0 Å². The number of guanidine groups is 1. The molecule has 0 saturated carbocycles. The Kier molecular flexibility index (Phi) is 6.27. The van der Waals surface area contributed by atoms with Gasteiger partial charge in [0.25, 0.3) is 0 Å². The third-order valence-corrected chi connectivity index (χ3v) is 4.66. The molecule has 0 spiro atoms. The molecular weight excluding hydrogens is 318 g/mol. The Hall–Kier alpha value is -2.00. The number of rotatable bonds is 4. The van der Waals surface area contributed by atoms with Crippen molar-refractivity contribution >= 4 is 5.96 Å². The Morgan fingerprint density at radius 1 is 1.04 bits per heavy atom. The van der Waals surface area contributed by atoms with Gasteiger partial charge >= 0.3 is 5.96 Å². The van der Waals surface area contributed by atoms with Crippen LogP contribution in [-0.2, 0) is 6.54 Å². The summed E-state index contributed by atoms with van der Waals surface area (Å²) in [7, 11) is 4.38. The predicted octanol–water partition coefficient (Wildman–Crippen LogP) is 0.198. The van der Waals surface area contributed by atoms with Gasteiger partial charge in [0.15, 0.2) is 0 Å². The summed E-state index contributed by atoms with van der Waals surface area (Å²) >= 11 is 0. The lowest BCUT2D eigenvalue weighted by molar-refractivity contribution is -0.492. The number of hydrogen-bond acceptors (Lipinski definition) is 2. The summed E-state index contributed by atoms with van der Waals surface area (Å²) < 4.78 is 2.36. The Bertz CT molecular complexity index is 670. The highest BCUT2D eigenvalue weighted by molar-refractivity contribution is 5.76. The van der Waals surface area contributed by atoms with Crippen molar-refractivity contribution in [3.8, 4) is 0 Å². The topological polar surface area (TPSA) is 9.49 Å². The largest absolute Gasteiger partial charge is 1.00 e. The Balaban J connectivity index is 0.00000208. The maximum absolute atomic E-state index is 2.51. The number of halogens is 1. The maximum Gasteiger partial charge on any atom is 0.351 e. The molecule has 24 heavy (non-hydrogen) atoms. The molecule has 0 aliphatic carbocycles. The summed E-state index contributed by atoms with van der Waals surface area (Å²) in [5.74, 6) is 1.31. The number of hydrogen-bond donors (Lipinski definition) is 0. The second kappa shape index (κ2) is 8.20. The molecule has 0 radical (unpaired) electrons. The van der Waals surface area contributed by atoms with E-state index in [-0.39, 0.29) is 12.4 Å². The van der Waals surface area contributed by atoms with Gasteiger partial charge in [-0.15, -0.1) is 0 Å². The van der Waals surface area contributed by atoms with Crippen molar-refractivity contribution in [1.82, 2.24) is 9.80 Å². The van der Waals surface area contributed by atoms with Gasteiger partial charge in [-0.2, -0.15) is 0 Å². The van der Waals surface area contributed by atoms with Crippen LogP contribution in [0.15, 0.2) is 60.7 Å². The Morgan fingerprint density at radius 2 is 1.62 bits per heavy atom. The molecule has 0 amide bonds. The van der Waals surface area contributed by atoms with E-state index in [9.17, 15) is 0 Å². The normalized spacial score (nSPS) is 15.2. The van der Waals surface area contributed by atoms with Crippen LogP contribution in [0.2, 0.25) is 0 Å². The van der Waals surface area contributed by atoms with Gasteiger partial charge in [0, 0.05) is 0 Å². The first-order chi connectivity index (χ1) is 11.2. The van der Waals surface area contributed by atoms with Gasteiger partial charge in [-0.05, 0) is 18.1 Å². The van der Waals surface area contributed by atoms with Crippen LogP contribution in [0.5, 0.6) is 0 Å². The molecule has 3 rings (SSSR count). The van der Waals surface area contributed by atoms with Crippen molar-refractivity contribution in [3.63, 3.8) is 0 Å². The van der Waals surface area contributed by atoms with Gasteiger partial charge in [-0.3, -0.25) is 14.4 Å². The second-order valence-corrected chi connectivity index (χ2v) is 6.34. The molecular formula is C20H26ClN3. The fourth-order valence-corrected chi connectivity index (χ4v) is 3.30. The van der Waals surface area contributed by atoms with Gasteiger partial charge < -0.3 is 12.4 Å². The maximum atomic E-state index is 2.51. The lowest BCUT2D eigenvalue weighted by Crippen LogP contribution is -3.00. The molecule has 0 bridgehead atoms. The molecule has 4 heteroatoms. The minimum atomic E-state index is 0. The fraction of sp³-hybridized carbons (Fsp3) is 0.350. The van der Waals surface area contributed by atoms with E-state index < -0.39 is 0 Å². The molecule has 2 aromatic carbocycles. The number of nitrogens with zero attached hydrogens (tertiary/aromatic N) is 3. The quantitative estimate of drug-likeness (QED) is 0.734. The molecule has 3 nitrogen and oxygen atoms in total. The van der Waals surface area contributed by atoms with E-state index in [0.717, 1.165) is 19.6 Å². The van der Waals surface area contributed by atoms with Crippen molar-refractivity contribution in [2.24, 2.45) is 0 Å². The molecule has 0 saturated heterocycles. The molecule has 0 N–H and O–H groups in total. The van der Waals surface area contributed by atoms with Crippen LogP contribution in [0.1, 0.15) is 24.1 Å². The van der Waals surface area contributed by atoms with Crippen molar-refractivity contribution in [2.75, 3.05) is 27.2 Å². The molecule has 1 aliphatic heterocycles. The van der Waals surface area contributed by atoms with Crippen molar-refractivity contribution in [2.45, 2.75) is 19.5 Å². The van der Waals surface area contributed by atoms with Gasteiger partial charge in [-0.25, -0.2) is 0 Å². The fourth-order valence-electron chi connectivity index (χ4n) is 3.30. The van der Waals surface area contributed by atoms with E-state index in [0.29, 0.717) is 6.04 Å². The van der Waals surface area contributed by atoms with Crippen LogP contribution in [-0.4, -0.2) is 47.5 Å². The third-order valence-electron chi connectivity index (χ3n) is 4.66. The highest BCUT2D eigenvalue weighted by Gasteiger charge is 2.34. The summed E-state index contributed by atoms with van der Waals surface area (Å²) in [5.41, 5.74) is 2.70. The molecule has 1 heterocycles. The first kappa shape index (κ1) is 18.3. The highest BCUT2D eigenvalue weighted by Crippen LogP contribution is 2.24. The molecule has 2 aromatic rings. The van der Waals surface area contributed by atoms with Gasteiger partial charge in [0.1, 0.15) is 6.04 Å². The summed E-state index contributed by atoms with van der Waals surface area (Å²) in [6.07, 6.45) is 0. The minimum Gasteiger partial charge on any atom is -1.00 e. The molecule has 128 valence electrons. The molecule has 1 atom stereocenters. The van der Waals surface area contributed by atoms with Crippen LogP contribution >= 0.6 is 0 Å². The minimum absolute atomic E-state index is 0. The zero-order valence-electron chi connectivity index (χ0n) is 14.7. The lowest BCUT2D eigenvalue weighted by Gasteiger charge is -2.28. The van der Waals surface area contributed by atoms with E-state index in [1.54, 1.807) is 0 Å². The Labute approximate surface area is 151 Å². The van der Waals surface area contributed by atoms with Gasteiger partial charge in [0.2, 0.25) is 0 Å². The summed E-state index contributed by atoms with van der Waals surface area (Å²) in [6.45, 7) is 5.38. The van der Waals surface area contributed by atoms with Crippen molar-refractivity contribution < 1.29 is 17.0 Å². The van der Waals surface area contributed by atoms with Gasteiger partial charge in [0.05, 0.1) is 33.7 Å². The van der Waals surface area contributed by atoms with Crippen LogP contribution in [0.25, 0.3) is 0 Å². The lowest BCUT2D eigenvalue weighted by atomic mass is 10.1. The zero-order valence-corrected chi connectivity index (χ0v) is 15.4. The zero-order chi connectivity index (χ0) is 16.2. The van der Waals surface area contributed by atoms with E-state index >= 15 is 0 Å². The molecule has 0 fully saturated rings. The van der Waals surface area contributed by atoms with E-state index in [4.69, 9.17) is 0 Å². The van der Waals surface area contributed by atoms with E-state index in [2.05, 4.69) is 96.1 Å². The Morgan fingerprint density at radius 3 is 2.17 bits per heavy atom. The highest BCUT2D eigenvalue weighted by atomic mass is 35.5. The summed E-state index contributed by atoms with van der Waals surface area (Å²) in [4.78, 5) is 4.88. The predicted molar refractivity (Wildman–Crippen MR) is 95.5 cm³/mol. The van der Waals surface area contributed by atoms with Crippen LogP contribution in [0, 0.1) is 0 Å². The number of benzene rings is 2. The summed E-state index contributed by atoms with van der Waals surface area (Å²) in [5, 5.41) is 0. The van der Waals surface area contributed by atoms with E-state index in [1.807, 2.05) is 0 Å². The molecule has 1 aliphatic rings. The molecule has 0 unspecified atom stereocenters. The average molecular weight is 344 g/mol. The first-order valence-electron chi connectivity index (χ1n) is 8.31. The van der Waals surface area contributed by atoms with Gasteiger partial charge in [-0.1, -0.05) is 60.7 Å². The van der Waals surface area contributed by atoms with Crippen molar-refractivity contribution in [3.05, 3.63) is 71.8 Å². The first-order valence-corrected chi connectivity index (χ1v) is 8.31. The van der Waals surface area contributed by atoms with Crippen LogP contribution in [0.3, 0.4) is 0 Å². The van der Waals surface area contributed by atoms with Crippen LogP contribution < -0.4 is 12.4 Å². The summed E-state index contributed by atoms with van der Waals surface area (Å²) in [6, 6.07) is 21.8.